The highest BCUT2D eigenvalue weighted by Gasteiger charge is 2.06. The molecular weight excluding hydrogens is 258 g/mol. The van der Waals surface area contributed by atoms with Gasteiger partial charge in [-0.3, -0.25) is 0 Å². The number of nitrogens with zero attached hydrogens (tertiary/aromatic N) is 4. The topological polar surface area (TPSA) is 69.6 Å². The summed E-state index contributed by atoms with van der Waals surface area (Å²) in [7, 11) is 0. The van der Waals surface area contributed by atoms with Crippen molar-refractivity contribution in [3.05, 3.63) is 47.1 Å². The largest absolute Gasteiger partial charge is 0.381 e. The SMILES string of the molecule is Cc1ccc(-c2nc(Cn3cc(N)nn3)cs2)cc1. The summed E-state index contributed by atoms with van der Waals surface area (Å²) < 4.78 is 1.68. The van der Waals surface area contributed by atoms with Crippen LogP contribution < -0.4 is 5.73 Å². The number of hydrogen-bond donors (Lipinski definition) is 1. The van der Waals surface area contributed by atoms with E-state index in [2.05, 4.69) is 46.5 Å². The van der Waals surface area contributed by atoms with Crippen LogP contribution in [-0.4, -0.2) is 20.0 Å². The van der Waals surface area contributed by atoms with E-state index in [0.29, 0.717) is 12.4 Å². The van der Waals surface area contributed by atoms with Crippen molar-refractivity contribution in [3.8, 4) is 10.6 Å². The van der Waals surface area contributed by atoms with E-state index >= 15 is 0 Å². The molecule has 6 heteroatoms. The van der Waals surface area contributed by atoms with Crippen LogP contribution in [0.15, 0.2) is 35.8 Å². The van der Waals surface area contributed by atoms with Gasteiger partial charge in [0.05, 0.1) is 18.4 Å². The highest BCUT2D eigenvalue weighted by Crippen LogP contribution is 2.24. The number of nitrogen functional groups attached to an aromatic ring is 1. The average molecular weight is 271 g/mol. The van der Waals surface area contributed by atoms with Crippen LogP contribution in [0.5, 0.6) is 0 Å². The van der Waals surface area contributed by atoms with Crippen LogP contribution >= 0.6 is 11.3 Å². The number of benzene rings is 1. The van der Waals surface area contributed by atoms with Gasteiger partial charge in [0.1, 0.15) is 5.01 Å². The van der Waals surface area contributed by atoms with Crippen LogP contribution in [-0.2, 0) is 6.54 Å². The minimum atomic E-state index is 0.425. The molecule has 96 valence electrons. The molecule has 5 nitrogen and oxygen atoms in total. The van der Waals surface area contributed by atoms with Crippen molar-refractivity contribution >= 4 is 17.2 Å². The third-order valence-electron chi connectivity index (χ3n) is 2.73. The van der Waals surface area contributed by atoms with Gasteiger partial charge < -0.3 is 5.73 Å². The van der Waals surface area contributed by atoms with E-state index < -0.39 is 0 Å². The van der Waals surface area contributed by atoms with Crippen molar-refractivity contribution in [2.24, 2.45) is 0 Å². The zero-order valence-corrected chi connectivity index (χ0v) is 11.3. The van der Waals surface area contributed by atoms with Crippen LogP contribution in [0.1, 0.15) is 11.3 Å². The van der Waals surface area contributed by atoms with Crippen molar-refractivity contribution < 1.29 is 0 Å². The second-order valence-corrected chi connectivity index (χ2v) is 5.21. The van der Waals surface area contributed by atoms with Gasteiger partial charge in [-0.2, -0.15) is 0 Å². The maximum atomic E-state index is 5.53. The summed E-state index contributed by atoms with van der Waals surface area (Å²) in [4.78, 5) is 4.60. The first-order chi connectivity index (χ1) is 9.20. The molecular formula is C13H13N5S. The maximum Gasteiger partial charge on any atom is 0.165 e. The lowest BCUT2D eigenvalue weighted by molar-refractivity contribution is 0.641. The molecule has 0 fully saturated rings. The van der Waals surface area contributed by atoms with Crippen LogP contribution in [0.2, 0.25) is 0 Å². The van der Waals surface area contributed by atoms with E-state index in [1.807, 2.05) is 5.38 Å². The Balaban J connectivity index is 1.81. The van der Waals surface area contributed by atoms with Gasteiger partial charge in [0.2, 0.25) is 0 Å². The first-order valence-corrected chi connectivity index (χ1v) is 6.76. The first-order valence-electron chi connectivity index (χ1n) is 5.88. The third-order valence-corrected chi connectivity index (χ3v) is 3.67. The highest BCUT2D eigenvalue weighted by molar-refractivity contribution is 7.13. The Morgan fingerprint density at radius 1 is 1.26 bits per heavy atom. The van der Waals surface area contributed by atoms with Gasteiger partial charge in [0.15, 0.2) is 5.82 Å². The number of thiazole rings is 1. The monoisotopic (exact) mass is 271 g/mol. The maximum absolute atomic E-state index is 5.53. The molecule has 0 radical (unpaired) electrons. The normalized spacial score (nSPS) is 10.8. The lowest BCUT2D eigenvalue weighted by Gasteiger charge is -1.97. The van der Waals surface area contributed by atoms with Gasteiger partial charge in [-0.25, -0.2) is 9.67 Å². The van der Waals surface area contributed by atoms with Crippen molar-refractivity contribution in [3.63, 3.8) is 0 Å². The van der Waals surface area contributed by atoms with E-state index in [1.54, 1.807) is 22.2 Å². The number of hydrogen-bond acceptors (Lipinski definition) is 5. The minimum absolute atomic E-state index is 0.425. The lowest BCUT2D eigenvalue weighted by Crippen LogP contribution is -2.00. The molecule has 0 unspecified atom stereocenters. The summed E-state index contributed by atoms with van der Waals surface area (Å²) in [6, 6.07) is 8.36. The van der Waals surface area contributed by atoms with E-state index in [9.17, 15) is 0 Å². The number of aromatic nitrogens is 4. The second kappa shape index (κ2) is 4.81. The quantitative estimate of drug-likeness (QED) is 0.793. The van der Waals surface area contributed by atoms with Gasteiger partial charge in [-0.1, -0.05) is 35.0 Å². The summed E-state index contributed by atoms with van der Waals surface area (Å²) in [6.45, 7) is 2.67. The Labute approximate surface area is 114 Å². The van der Waals surface area contributed by atoms with Crippen molar-refractivity contribution in [1.82, 2.24) is 20.0 Å². The summed E-state index contributed by atoms with van der Waals surface area (Å²) in [5, 5.41) is 10.7. The number of rotatable bonds is 3. The van der Waals surface area contributed by atoms with Gasteiger partial charge in [0.25, 0.3) is 0 Å². The summed E-state index contributed by atoms with van der Waals surface area (Å²) >= 11 is 1.63. The van der Waals surface area contributed by atoms with Crippen LogP contribution in [0.3, 0.4) is 0 Å². The molecule has 0 aliphatic carbocycles. The zero-order valence-electron chi connectivity index (χ0n) is 10.4. The van der Waals surface area contributed by atoms with Gasteiger partial charge in [0, 0.05) is 10.9 Å². The molecule has 3 rings (SSSR count). The molecule has 0 bridgehead atoms. The van der Waals surface area contributed by atoms with Gasteiger partial charge >= 0.3 is 0 Å². The van der Waals surface area contributed by atoms with E-state index in [-0.39, 0.29) is 0 Å². The van der Waals surface area contributed by atoms with Gasteiger partial charge in [-0.05, 0) is 6.92 Å². The van der Waals surface area contributed by atoms with Crippen LogP contribution in [0.4, 0.5) is 5.82 Å². The van der Waals surface area contributed by atoms with E-state index in [4.69, 9.17) is 5.73 Å². The fraction of sp³-hybridized carbons (Fsp3) is 0.154. The van der Waals surface area contributed by atoms with Crippen molar-refractivity contribution in [2.75, 3.05) is 5.73 Å². The molecule has 3 aromatic rings. The molecule has 0 aliphatic rings. The molecule has 0 amide bonds. The average Bonchev–Trinajstić information content (AvgIpc) is 3.00. The second-order valence-electron chi connectivity index (χ2n) is 4.35. The molecule has 2 heterocycles. The molecule has 0 aliphatic heterocycles. The molecule has 0 spiro atoms. The predicted octanol–water partition coefficient (Wildman–Crippen LogP) is 2.34. The Kier molecular flexibility index (Phi) is 3.00. The van der Waals surface area contributed by atoms with Crippen LogP contribution in [0.25, 0.3) is 10.6 Å². The zero-order chi connectivity index (χ0) is 13.2. The molecule has 0 atom stereocenters. The van der Waals surface area contributed by atoms with Crippen molar-refractivity contribution in [2.45, 2.75) is 13.5 Å². The van der Waals surface area contributed by atoms with Crippen molar-refractivity contribution in [1.29, 1.82) is 0 Å². The molecule has 19 heavy (non-hydrogen) atoms. The third kappa shape index (κ3) is 2.63. The smallest absolute Gasteiger partial charge is 0.165 e. The number of aryl methyl sites for hydroxylation is 1. The number of anilines is 1. The van der Waals surface area contributed by atoms with Gasteiger partial charge in [-0.15, -0.1) is 16.4 Å². The molecule has 2 aromatic heterocycles. The summed E-state index contributed by atoms with van der Waals surface area (Å²) in [5.41, 5.74) is 8.88. The minimum Gasteiger partial charge on any atom is -0.381 e. The standard InChI is InChI=1S/C13H13N5S/c1-9-2-4-10(5-3-9)13-15-11(8-19-13)6-18-7-12(14)16-17-18/h2-5,7-8H,6,14H2,1H3. The molecule has 0 saturated heterocycles. The number of nitrogens with two attached hydrogens (primary N) is 1. The highest BCUT2D eigenvalue weighted by atomic mass is 32.1. The van der Waals surface area contributed by atoms with E-state index in [0.717, 1.165) is 16.3 Å². The predicted molar refractivity (Wildman–Crippen MR) is 75.8 cm³/mol. The van der Waals surface area contributed by atoms with E-state index in [1.165, 1.54) is 5.56 Å². The Morgan fingerprint density at radius 3 is 2.74 bits per heavy atom. The summed E-state index contributed by atoms with van der Waals surface area (Å²) in [6.07, 6.45) is 1.70. The fourth-order valence-corrected chi connectivity index (χ4v) is 2.58. The Morgan fingerprint density at radius 2 is 2.05 bits per heavy atom. The molecule has 0 saturated carbocycles. The van der Waals surface area contributed by atoms with Crippen LogP contribution in [0, 0.1) is 6.92 Å². The molecule has 1 aromatic carbocycles. The molecule has 2 N–H and O–H groups in total. The summed E-state index contributed by atoms with van der Waals surface area (Å²) in [5.74, 6) is 0.425. The Bertz CT molecular complexity index is 683. The lowest BCUT2D eigenvalue weighted by atomic mass is 10.2. The first kappa shape index (κ1) is 11.9. The fourth-order valence-electron chi connectivity index (χ4n) is 1.76. The Hall–Kier alpha value is -2.21.